The molecular weight excluding hydrogens is 1230 g/mol. The van der Waals surface area contributed by atoms with E-state index >= 15 is 0 Å². The van der Waals surface area contributed by atoms with Gasteiger partial charge >= 0.3 is 5.97 Å². The monoisotopic (exact) mass is 1360 g/mol. The lowest BCUT2D eigenvalue weighted by atomic mass is 9.98. The minimum Gasteiger partial charge on any atom is -0.480 e. The molecule has 1 aromatic rings. The summed E-state index contributed by atoms with van der Waals surface area (Å²) in [7, 11) is 0. The highest BCUT2D eigenvalue weighted by Gasteiger charge is 2.42. The van der Waals surface area contributed by atoms with E-state index in [1.807, 2.05) is 0 Å². The van der Waals surface area contributed by atoms with Crippen LogP contribution < -0.4 is 66.3 Å². The van der Waals surface area contributed by atoms with Gasteiger partial charge in [0.05, 0.1) is 56.1 Å². The van der Waals surface area contributed by atoms with Crippen LogP contribution in [0.15, 0.2) is 30.3 Å². The molecule has 2 aliphatic rings. The fraction of sp³-hybridized carbons (Fsp3) is 0.786. The third-order valence-corrected chi connectivity index (χ3v) is 18.6. The molecule has 2 aliphatic heterocycles. The van der Waals surface area contributed by atoms with Crippen LogP contribution >= 0.6 is 0 Å². The third-order valence-electron chi connectivity index (χ3n) is 18.6. The van der Waals surface area contributed by atoms with Crippen molar-refractivity contribution in [3.63, 3.8) is 0 Å². The maximum absolute atomic E-state index is 14.5. The number of likely N-dealkylation sites (tertiary alicyclic amines) is 1. The van der Waals surface area contributed by atoms with E-state index in [1.165, 1.54) is 102 Å². The van der Waals surface area contributed by atoms with Crippen LogP contribution in [-0.2, 0) is 49.6 Å². The van der Waals surface area contributed by atoms with E-state index in [1.54, 1.807) is 30.3 Å². The minimum absolute atomic E-state index is 0.105. The number of aliphatic carboxylic acids is 1. The van der Waals surface area contributed by atoms with Crippen molar-refractivity contribution in [2.45, 2.75) is 336 Å². The number of carbonyl (C=O) groups is 9. The van der Waals surface area contributed by atoms with Gasteiger partial charge < -0.3 is 91.6 Å². The maximum atomic E-state index is 14.5. The van der Waals surface area contributed by atoms with Crippen molar-refractivity contribution in [2.24, 2.45) is 34.4 Å². The first kappa shape index (κ1) is 84.4. The quantitative estimate of drug-likeness (QED) is 0.0416. The highest BCUT2D eigenvalue weighted by molar-refractivity contribution is 5.99. The molecule has 0 saturated carbocycles. The fourth-order valence-electron chi connectivity index (χ4n) is 12.8. The lowest BCUT2D eigenvalue weighted by Crippen LogP contribution is -2.62. The summed E-state index contributed by atoms with van der Waals surface area (Å²) < 4.78 is 0. The molecule has 14 atom stereocenters. The van der Waals surface area contributed by atoms with Gasteiger partial charge in [0, 0.05) is 50.1 Å². The van der Waals surface area contributed by atoms with Gasteiger partial charge in [0.1, 0.15) is 30.2 Å². The highest BCUT2D eigenvalue weighted by atomic mass is 16.4. The van der Waals surface area contributed by atoms with E-state index in [2.05, 4.69) is 38.8 Å². The normalized spacial score (nSPS) is 20.6. The molecule has 548 valence electrons. The van der Waals surface area contributed by atoms with Crippen LogP contribution in [0.1, 0.15) is 251 Å². The van der Waals surface area contributed by atoms with Crippen LogP contribution in [-0.4, -0.2) is 176 Å². The van der Waals surface area contributed by atoms with Gasteiger partial charge in [-0.3, -0.25) is 43.2 Å². The Morgan fingerprint density at radius 2 is 1.11 bits per heavy atom. The molecule has 26 nitrogen and oxygen atoms in total. The largest absolute Gasteiger partial charge is 0.480 e. The molecule has 2 fully saturated rings. The zero-order valence-electron chi connectivity index (χ0n) is 57.9. The molecule has 0 aromatic heterocycles. The van der Waals surface area contributed by atoms with E-state index in [4.69, 9.17) is 34.4 Å². The molecule has 3 rings (SSSR count). The lowest BCUT2D eigenvalue weighted by Gasteiger charge is -2.35. The number of nitrogens with zero attached hydrogens (tertiary/aromatic N) is 1. The Bertz CT molecular complexity index is 2430. The Kier molecular flexibility index (Phi) is 42.9. The molecule has 26 heteroatoms. The summed E-state index contributed by atoms with van der Waals surface area (Å²) in [5.74, 6) is -8.62. The summed E-state index contributed by atoms with van der Waals surface area (Å²) in [4.78, 5) is 120. The first-order chi connectivity index (χ1) is 45.8. The van der Waals surface area contributed by atoms with Gasteiger partial charge in [-0.05, 0) is 90.0 Å². The lowest BCUT2D eigenvalue weighted by molar-refractivity contribution is -0.141. The molecule has 0 bridgehead atoms. The van der Waals surface area contributed by atoms with Crippen molar-refractivity contribution in [1.82, 2.24) is 36.8 Å². The predicted octanol–water partition coefficient (Wildman–Crippen LogP) is 3.37. The van der Waals surface area contributed by atoms with Gasteiger partial charge in [0.15, 0.2) is 0 Å². The Morgan fingerprint density at radius 1 is 0.615 bits per heavy atom. The summed E-state index contributed by atoms with van der Waals surface area (Å²) in [6.07, 6.45) is 26.8. The van der Waals surface area contributed by atoms with E-state index in [9.17, 15) is 63.6 Å². The van der Waals surface area contributed by atoms with E-state index < -0.39 is 133 Å². The van der Waals surface area contributed by atoms with Gasteiger partial charge in [-0.25, -0.2) is 0 Å². The Labute approximate surface area is 571 Å². The van der Waals surface area contributed by atoms with E-state index in [0.717, 1.165) is 83.5 Å². The van der Waals surface area contributed by atoms with E-state index in [0.29, 0.717) is 43.0 Å². The third kappa shape index (κ3) is 37.2. The number of carbonyl (C=O) groups excluding carboxylic acids is 8. The van der Waals surface area contributed by atoms with Crippen LogP contribution in [0.4, 0.5) is 0 Å². The van der Waals surface area contributed by atoms with Crippen molar-refractivity contribution < 1.29 is 63.6 Å². The molecular formula is C70H125N13O13. The topological polar surface area (TPSA) is 466 Å². The molecule has 8 amide bonds. The molecule has 0 radical (unpaired) electrons. The minimum atomic E-state index is -1.73. The zero-order chi connectivity index (χ0) is 70.8. The van der Waals surface area contributed by atoms with Gasteiger partial charge in [-0.1, -0.05) is 159 Å². The van der Waals surface area contributed by atoms with Gasteiger partial charge in [0.2, 0.25) is 47.3 Å². The SMILES string of the molecule is CC(N)CCCCCCCC(N)CCCCCCCC(N)CCCCCCCC(N)CCCCCCC[C@@H](O)CCNC(=O)C[C@@H](O)C[C@@H](O)[C@@H]1CCCN1C(=O)C1NC(=O)[C@H](CC(N)=O)NC(=O)[C@H](NC(=O)[C@H](Cc2ccccc2)NC(=O)C[C@H](N)C(=O)O)CC(=O)NC1C. The van der Waals surface area contributed by atoms with Crippen LogP contribution in [0, 0.1) is 0 Å². The summed E-state index contributed by atoms with van der Waals surface area (Å²) in [6.45, 7) is 3.78. The number of hydrogen-bond acceptors (Lipinski definition) is 17. The van der Waals surface area contributed by atoms with Crippen LogP contribution in [0.2, 0.25) is 0 Å². The summed E-state index contributed by atoms with van der Waals surface area (Å²) in [5, 5.41) is 57.3. The van der Waals surface area contributed by atoms with Crippen LogP contribution in [0.25, 0.3) is 0 Å². The highest BCUT2D eigenvalue weighted by Crippen LogP contribution is 2.26. The Morgan fingerprint density at radius 3 is 1.61 bits per heavy atom. The number of nitrogens with one attached hydrogen (secondary N) is 6. The molecule has 2 heterocycles. The van der Waals surface area contributed by atoms with Gasteiger partial charge in [-0.2, -0.15) is 0 Å². The number of benzene rings is 1. The van der Waals surface area contributed by atoms with Gasteiger partial charge in [-0.15, -0.1) is 0 Å². The molecule has 0 aliphatic carbocycles. The molecule has 0 spiro atoms. The molecule has 96 heavy (non-hydrogen) atoms. The Balaban J connectivity index is 1.31. The number of rotatable bonds is 51. The number of hydrogen-bond donors (Lipinski definition) is 16. The average molecular weight is 1360 g/mol. The molecule has 1 aromatic carbocycles. The second-order valence-electron chi connectivity index (χ2n) is 27.6. The number of carboxylic acids is 1. The molecule has 22 N–H and O–H groups in total. The number of carboxylic acid groups (broad SMARTS) is 1. The summed E-state index contributed by atoms with van der Waals surface area (Å²) in [6, 6.07) is -0.529. The summed E-state index contributed by atoms with van der Waals surface area (Å²) in [5.41, 5.74) is 36.7. The number of aliphatic hydroxyl groups excluding tert-OH is 3. The predicted molar refractivity (Wildman–Crippen MR) is 371 cm³/mol. The van der Waals surface area contributed by atoms with Crippen molar-refractivity contribution in [1.29, 1.82) is 0 Å². The zero-order valence-corrected chi connectivity index (χ0v) is 57.9. The second-order valence-corrected chi connectivity index (χ2v) is 27.6. The first-order valence-electron chi connectivity index (χ1n) is 36.3. The van der Waals surface area contributed by atoms with Crippen LogP contribution in [0.3, 0.4) is 0 Å². The first-order valence-corrected chi connectivity index (χ1v) is 36.3. The number of unbranched alkanes of at least 4 members (excludes halogenated alkanes) is 16. The Hall–Kier alpha value is -5.87. The second kappa shape index (κ2) is 48.8. The van der Waals surface area contributed by atoms with Crippen molar-refractivity contribution in [2.75, 3.05) is 13.1 Å². The molecule has 2 saturated heterocycles. The van der Waals surface area contributed by atoms with Gasteiger partial charge in [0.25, 0.3) is 0 Å². The van der Waals surface area contributed by atoms with Crippen molar-refractivity contribution in [3.8, 4) is 0 Å². The van der Waals surface area contributed by atoms with Crippen LogP contribution in [0.5, 0.6) is 0 Å². The standard InChI is InChI=1S/C70H125N13O13/c1-47(71)27-16-7-3-8-19-30-50(72)31-20-9-4-10-21-32-51(73)33-22-11-5-12-23-34-52(74)35-24-13-6-14-25-36-53(84)38-39-77-62(88)43-54(85)42-60(86)59-37-26-40-83(59)69(94)65-48(2)78-64(90)46-58(67(92)80-57(45-61(76)87)68(93)82-65)81-66(91)56(41-49-28-17-15-18-29-49)79-63(89)44-55(75)70(95)96/h15,17-18,28-29,47-48,50-60,65,84-86H,3-14,16,19-27,30-46,71-75H2,1-2H3,(H2,76,87)(H,77,88)(H,78,90)(H,79,89)(H,80,92)(H,81,91)(H,82,93)(H,95,96)/t47?,48?,50?,51?,52?,53-,54+,55+,56+,57+,58-,59+,60-,65?/m1/s1. The fourth-order valence-corrected chi connectivity index (χ4v) is 12.8. The van der Waals surface area contributed by atoms with E-state index in [-0.39, 0.29) is 44.8 Å². The number of nitrogens with two attached hydrogens (primary N) is 6. The molecule has 6 unspecified atom stereocenters. The van der Waals surface area contributed by atoms with Crippen molar-refractivity contribution in [3.05, 3.63) is 35.9 Å². The van der Waals surface area contributed by atoms with Crippen molar-refractivity contribution >= 4 is 53.2 Å². The maximum Gasteiger partial charge on any atom is 0.321 e. The smallest absolute Gasteiger partial charge is 0.321 e. The summed E-state index contributed by atoms with van der Waals surface area (Å²) >= 11 is 0. The number of aliphatic hydroxyl groups is 3. The number of primary amides is 1. The average Bonchev–Trinajstić information content (AvgIpc) is 1.61. The number of amides is 8.